The van der Waals surface area contributed by atoms with Crippen molar-refractivity contribution in [3.8, 4) is 11.5 Å². The third-order valence-electron chi connectivity index (χ3n) is 11.1. The van der Waals surface area contributed by atoms with Gasteiger partial charge in [-0.15, -0.1) is 11.8 Å². The topological polar surface area (TPSA) is 155 Å². The summed E-state index contributed by atoms with van der Waals surface area (Å²) >= 11 is 2.82. The number of aliphatic carboxylic acids is 1. The second kappa shape index (κ2) is 13.5. The van der Waals surface area contributed by atoms with Crippen LogP contribution in [-0.4, -0.2) is 64.2 Å². The zero-order valence-electron chi connectivity index (χ0n) is 27.8. The van der Waals surface area contributed by atoms with Crippen LogP contribution in [-0.2, 0) is 19.2 Å². The maximum Gasteiger partial charge on any atom is 0.305 e. The number of thiazole rings is 1. The van der Waals surface area contributed by atoms with Gasteiger partial charge in [0, 0.05) is 40.1 Å². The largest absolute Gasteiger partial charge is 0.493 e. The van der Waals surface area contributed by atoms with Crippen LogP contribution in [0.4, 0.5) is 5.69 Å². The monoisotopic (exact) mass is 727 g/mol. The average Bonchev–Trinajstić information content (AvgIpc) is 3.86. The summed E-state index contributed by atoms with van der Waals surface area (Å²) in [5, 5.41) is 14.7. The molecule has 0 spiro atoms. The Kier molecular flexibility index (Phi) is 8.87. The lowest BCUT2D eigenvalue weighted by atomic mass is 9.68. The average molecular weight is 728 g/mol. The Morgan fingerprint density at radius 2 is 1.75 bits per heavy atom. The molecule has 11 nitrogen and oxygen atoms in total. The summed E-state index contributed by atoms with van der Waals surface area (Å²) in [5.74, 6) is -1.49. The van der Waals surface area contributed by atoms with Gasteiger partial charge in [0.05, 0.1) is 24.0 Å². The van der Waals surface area contributed by atoms with Gasteiger partial charge in [-0.25, -0.2) is 0 Å². The predicted molar refractivity (Wildman–Crippen MR) is 192 cm³/mol. The third kappa shape index (κ3) is 5.89. The number of carboxylic acids is 1. The lowest BCUT2D eigenvalue weighted by molar-refractivity contribution is -0.141. The number of amides is 3. The maximum absolute atomic E-state index is 13.9. The van der Waals surface area contributed by atoms with Gasteiger partial charge in [0.25, 0.3) is 5.91 Å². The minimum absolute atomic E-state index is 0.00672. The summed E-state index contributed by atoms with van der Waals surface area (Å²) in [6, 6.07) is 19.2. The fourth-order valence-electron chi connectivity index (χ4n) is 9.06. The molecule has 6 unspecified atom stereocenters. The molecule has 4 aromatic rings. The number of carbonyl (C=O) groups excluding carboxylic acids is 3. The number of carboxylic acid groups (broad SMARTS) is 1. The predicted octanol–water partition coefficient (Wildman–Crippen LogP) is 5.73. The van der Waals surface area contributed by atoms with Gasteiger partial charge in [0.1, 0.15) is 0 Å². The second-order valence-electron chi connectivity index (χ2n) is 13.8. The van der Waals surface area contributed by atoms with E-state index in [1.165, 1.54) is 16.2 Å². The lowest BCUT2D eigenvalue weighted by Crippen LogP contribution is -2.42. The van der Waals surface area contributed by atoms with E-state index in [4.69, 9.17) is 14.6 Å². The Labute approximate surface area is 301 Å². The van der Waals surface area contributed by atoms with E-state index in [0.717, 1.165) is 32.7 Å². The summed E-state index contributed by atoms with van der Waals surface area (Å²) in [6.07, 6.45) is 2.59. The minimum Gasteiger partial charge on any atom is -0.493 e. The van der Waals surface area contributed by atoms with E-state index in [1.54, 1.807) is 24.9 Å². The van der Waals surface area contributed by atoms with Gasteiger partial charge in [-0.3, -0.25) is 28.9 Å². The van der Waals surface area contributed by atoms with Crippen LogP contribution in [0.15, 0.2) is 70.5 Å². The normalized spacial score (nSPS) is 25.8. The first kappa shape index (κ1) is 33.5. The Hall–Kier alpha value is -4.62. The fourth-order valence-corrected chi connectivity index (χ4v) is 11.9. The zero-order chi connectivity index (χ0) is 35.4. The first-order valence-corrected chi connectivity index (χ1v) is 19.0. The van der Waals surface area contributed by atoms with Crippen molar-refractivity contribution in [3.05, 3.63) is 80.8 Å². The number of likely N-dealkylation sites (tertiary alicyclic amines) is 1. The van der Waals surface area contributed by atoms with Gasteiger partial charge in [-0.05, 0) is 66.2 Å². The molecule has 2 aliphatic heterocycles. The third-order valence-corrected chi connectivity index (χ3v) is 13.6. The molecule has 7 atom stereocenters. The highest BCUT2D eigenvalue weighted by Gasteiger charge is 2.69. The Bertz CT molecular complexity index is 2110. The molecule has 13 heteroatoms. The summed E-state index contributed by atoms with van der Waals surface area (Å²) in [5.41, 5.74) is 1.62. The van der Waals surface area contributed by atoms with Crippen molar-refractivity contribution in [2.24, 2.45) is 29.6 Å². The van der Waals surface area contributed by atoms with Crippen molar-refractivity contribution >= 4 is 63.2 Å². The second-order valence-corrected chi connectivity index (χ2v) is 16.0. The maximum atomic E-state index is 13.9. The summed E-state index contributed by atoms with van der Waals surface area (Å²) < 4.78 is 11.7. The molecule has 3 amide bonds. The van der Waals surface area contributed by atoms with Crippen LogP contribution in [0.1, 0.15) is 48.5 Å². The zero-order valence-corrected chi connectivity index (χ0v) is 29.5. The number of imide groups is 1. The SMILES string of the molecule is COc1cc([C@H]2c3sc(=O)[nH]c3SC3C4CC(C5C(=O)N(CCCCCC(=O)O)C(=O)C45)C32)ccc1OCC(=O)Nc1cccc2ccccc12. The lowest BCUT2D eigenvalue weighted by Gasteiger charge is -2.43. The highest BCUT2D eigenvalue weighted by atomic mass is 32.2. The van der Waals surface area contributed by atoms with Crippen LogP contribution in [0.2, 0.25) is 0 Å². The number of nitrogens with zero attached hydrogens (tertiary/aromatic N) is 1. The molecule has 1 saturated heterocycles. The molecule has 3 fully saturated rings. The molecule has 2 bridgehead atoms. The first-order valence-electron chi connectivity index (χ1n) is 17.3. The quantitative estimate of drug-likeness (QED) is 0.123. The highest BCUT2D eigenvalue weighted by Crippen LogP contribution is 2.68. The summed E-state index contributed by atoms with van der Waals surface area (Å²) in [4.78, 5) is 69.4. The van der Waals surface area contributed by atoms with Crippen LogP contribution in [0.25, 0.3) is 10.8 Å². The number of H-pyrrole nitrogens is 1. The number of aromatic amines is 1. The van der Waals surface area contributed by atoms with E-state index < -0.39 is 11.9 Å². The number of carbonyl (C=O) groups is 4. The Morgan fingerprint density at radius 1 is 0.961 bits per heavy atom. The number of unbranched alkanes of at least 4 members (excludes halogenated alkanes) is 2. The number of anilines is 1. The van der Waals surface area contributed by atoms with E-state index in [1.807, 2.05) is 54.6 Å². The number of methoxy groups -OCH3 is 1. The van der Waals surface area contributed by atoms with E-state index in [2.05, 4.69) is 10.3 Å². The van der Waals surface area contributed by atoms with Gasteiger partial charge in [0.15, 0.2) is 18.1 Å². The van der Waals surface area contributed by atoms with Gasteiger partial charge in [-0.1, -0.05) is 60.2 Å². The van der Waals surface area contributed by atoms with E-state index >= 15 is 0 Å². The molecule has 1 aromatic heterocycles. The van der Waals surface area contributed by atoms with Gasteiger partial charge >= 0.3 is 10.8 Å². The van der Waals surface area contributed by atoms with E-state index in [0.29, 0.717) is 43.0 Å². The fraction of sp³-hybridized carbons (Fsp3) is 0.395. The number of hydrogen-bond donors (Lipinski definition) is 3. The van der Waals surface area contributed by atoms with E-state index in [9.17, 15) is 24.0 Å². The molecule has 2 saturated carbocycles. The number of hydrogen-bond acceptors (Lipinski definition) is 9. The molecule has 8 rings (SSSR count). The first-order chi connectivity index (χ1) is 24.7. The Morgan fingerprint density at radius 3 is 2.55 bits per heavy atom. The summed E-state index contributed by atoms with van der Waals surface area (Å²) in [7, 11) is 1.54. The highest BCUT2D eigenvalue weighted by molar-refractivity contribution is 8.00. The number of rotatable bonds is 12. The van der Waals surface area contributed by atoms with Crippen molar-refractivity contribution in [2.75, 3.05) is 25.6 Å². The number of ether oxygens (including phenoxy) is 2. The van der Waals surface area contributed by atoms with Crippen molar-refractivity contribution < 1.29 is 33.8 Å². The summed E-state index contributed by atoms with van der Waals surface area (Å²) in [6.45, 7) is 0.0845. The smallest absolute Gasteiger partial charge is 0.305 e. The number of nitrogens with one attached hydrogen (secondary N) is 2. The van der Waals surface area contributed by atoms with E-state index in [-0.39, 0.29) is 70.5 Å². The molecular formula is C38H37N3O8S2. The van der Waals surface area contributed by atoms with Gasteiger partial charge in [-0.2, -0.15) is 0 Å². The molecule has 3 N–H and O–H groups in total. The standard InChI is InChI=1S/C38H37N3O8S2/c1-48-26-16-20(13-14-25(26)49-18-27(42)39-24-11-7-9-19-8-4-5-10-21(19)24)29-30-22-17-23(33(30)50-35-34(29)51-38(47)40-35)32-31(22)36(45)41(37(32)46)15-6-2-3-12-28(43)44/h4-5,7-11,13-14,16,22-23,29-33H,2-3,6,12,15,17-18H2,1H3,(H,39,42)(H,40,47)(H,43,44)/t22?,23?,29-,30?,31?,32?,33?/m1/s1. The van der Waals surface area contributed by atoms with Crippen molar-refractivity contribution in [1.29, 1.82) is 0 Å². The number of fused-ring (bicyclic) bond motifs is 10. The van der Waals surface area contributed by atoms with Crippen LogP contribution in [0.5, 0.6) is 11.5 Å². The number of thioether (sulfide) groups is 1. The molecule has 51 heavy (non-hydrogen) atoms. The number of aromatic nitrogens is 1. The Balaban J connectivity index is 1.02. The minimum atomic E-state index is -0.848. The van der Waals surface area contributed by atoms with Crippen molar-refractivity contribution in [3.63, 3.8) is 0 Å². The van der Waals surface area contributed by atoms with Crippen LogP contribution < -0.4 is 19.7 Å². The molecule has 2 aliphatic carbocycles. The molecule has 0 radical (unpaired) electrons. The van der Waals surface area contributed by atoms with Crippen LogP contribution in [0, 0.1) is 29.6 Å². The van der Waals surface area contributed by atoms with Crippen molar-refractivity contribution in [2.45, 2.75) is 48.3 Å². The van der Waals surface area contributed by atoms with Crippen molar-refractivity contribution in [1.82, 2.24) is 9.88 Å². The molecule has 4 aliphatic rings. The van der Waals surface area contributed by atoms with Gasteiger partial charge < -0.3 is 24.9 Å². The molecular weight excluding hydrogens is 691 g/mol. The van der Waals surface area contributed by atoms with Crippen LogP contribution in [0.3, 0.4) is 0 Å². The molecule has 3 aromatic carbocycles. The number of benzene rings is 3. The molecule has 3 heterocycles. The molecule has 264 valence electrons. The van der Waals surface area contributed by atoms with Crippen LogP contribution >= 0.6 is 23.1 Å². The van der Waals surface area contributed by atoms with Gasteiger partial charge in [0.2, 0.25) is 11.8 Å².